The van der Waals surface area contributed by atoms with E-state index < -0.39 is 0 Å². The monoisotopic (exact) mass is 406 g/mol. The van der Waals surface area contributed by atoms with Gasteiger partial charge in [-0.05, 0) is 56.1 Å². The molecule has 5 heterocycles. The zero-order valence-corrected chi connectivity index (χ0v) is 17.0. The van der Waals surface area contributed by atoms with Crippen molar-refractivity contribution in [2.24, 2.45) is 5.92 Å². The molecule has 0 spiro atoms. The van der Waals surface area contributed by atoms with E-state index in [1.165, 1.54) is 25.9 Å². The van der Waals surface area contributed by atoms with Gasteiger partial charge in [-0.1, -0.05) is 29.8 Å². The zero-order valence-electron chi connectivity index (χ0n) is 16.2. The Kier molecular flexibility index (Phi) is 3.96. The molecule has 2 bridgehead atoms. The fourth-order valence-electron chi connectivity index (χ4n) is 5.49. The Labute approximate surface area is 174 Å². The Morgan fingerprint density at radius 3 is 2.48 bits per heavy atom. The van der Waals surface area contributed by atoms with Gasteiger partial charge < -0.3 is 14.4 Å². The molecule has 3 fully saturated rings. The van der Waals surface area contributed by atoms with Gasteiger partial charge in [0.1, 0.15) is 5.82 Å². The summed E-state index contributed by atoms with van der Waals surface area (Å²) < 4.78 is 2.20. The third-order valence-electron chi connectivity index (χ3n) is 6.96. The first-order valence-corrected chi connectivity index (χ1v) is 10.9. The molecule has 0 unspecified atom stereocenters. The smallest absolute Gasteiger partial charge is 0.256 e. The maximum atomic E-state index is 13.7. The quantitative estimate of drug-likeness (QED) is 0.648. The molecule has 3 saturated heterocycles. The lowest BCUT2D eigenvalue weighted by molar-refractivity contribution is 0.00728. The summed E-state index contributed by atoms with van der Waals surface area (Å²) in [5, 5.41) is 0.686. The standard InChI is InChI=1S/C23H23ClN4O/c24-18-6-2-1-4-16(18)22-25-19-7-3-5-17-21(19)28(22)13-12-27(23(17)29)20-14-26-10-8-15(20)9-11-26/h1-7,15,20H,8-14H2/t20-/m1/s1. The summed E-state index contributed by atoms with van der Waals surface area (Å²) in [6.07, 6.45) is 2.41. The summed E-state index contributed by atoms with van der Waals surface area (Å²) in [4.78, 5) is 23.2. The van der Waals surface area contributed by atoms with Crippen LogP contribution in [0, 0.1) is 5.92 Å². The summed E-state index contributed by atoms with van der Waals surface area (Å²) in [7, 11) is 0. The molecule has 0 radical (unpaired) electrons. The van der Waals surface area contributed by atoms with E-state index in [1.807, 2.05) is 42.5 Å². The van der Waals surface area contributed by atoms with Crippen LogP contribution in [0.4, 0.5) is 0 Å². The molecule has 7 rings (SSSR count). The van der Waals surface area contributed by atoms with Gasteiger partial charge in [0.15, 0.2) is 0 Å². The molecule has 1 atom stereocenters. The van der Waals surface area contributed by atoms with Crippen LogP contribution in [0.5, 0.6) is 0 Å². The highest BCUT2D eigenvalue weighted by Gasteiger charge is 2.40. The second-order valence-electron chi connectivity index (χ2n) is 8.44. The van der Waals surface area contributed by atoms with Gasteiger partial charge in [0, 0.05) is 31.2 Å². The number of hydrogen-bond donors (Lipinski definition) is 0. The molecule has 4 aliphatic heterocycles. The van der Waals surface area contributed by atoms with Crippen LogP contribution >= 0.6 is 11.6 Å². The third-order valence-corrected chi connectivity index (χ3v) is 7.29. The van der Waals surface area contributed by atoms with E-state index in [0.29, 0.717) is 23.5 Å². The summed E-state index contributed by atoms with van der Waals surface area (Å²) in [6, 6.07) is 14.0. The number of carbonyl (C=O) groups is 1. The maximum absolute atomic E-state index is 13.7. The molecule has 5 nitrogen and oxygen atoms in total. The molecule has 6 heteroatoms. The Balaban J connectivity index is 1.47. The molecule has 0 aliphatic carbocycles. The van der Waals surface area contributed by atoms with Crippen molar-refractivity contribution in [1.82, 2.24) is 19.4 Å². The lowest BCUT2D eigenvalue weighted by Crippen LogP contribution is -2.58. The van der Waals surface area contributed by atoms with E-state index in [0.717, 1.165) is 41.1 Å². The first-order chi connectivity index (χ1) is 14.2. The Bertz CT molecular complexity index is 1120. The number of hydrogen-bond acceptors (Lipinski definition) is 3. The Morgan fingerprint density at radius 2 is 1.72 bits per heavy atom. The minimum Gasteiger partial charge on any atom is -0.332 e. The van der Waals surface area contributed by atoms with Gasteiger partial charge in [0.25, 0.3) is 5.91 Å². The first kappa shape index (κ1) is 17.5. The summed E-state index contributed by atoms with van der Waals surface area (Å²) >= 11 is 6.50. The number of nitrogens with zero attached hydrogens (tertiary/aromatic N) is 4. The highest BCUT2D eigenvalue weighted by molar-refractivity contribution is 6.33. The average Bonchev–Trinajstić information content (AvgIpc) is 3.06. The second-order valence-corrected chi connectivity index (χ2v) is 8.85. The van der Waals surface area contributed by atoms with Crippen LogP contribution in [-0.4, -0.2) is 57.5 Å². The number of imidazole rings is 1. The molecule has 0 N–H and O–H groups in total. The molecule has 29 heavy (non-hydrogen) atoms. The van der Waals surface area contributed by atoms with E-state index in [1.54, 1.807) is 0 Å². The van der Waals surface area contributed by atoms with Crippen molar-refractivity contribution in [2.75, 3.05) is 26.2 Å². The number of carbonyl (C=O) groups excluding carboxylic acids is 1. The van der Waals surface area contributed by atoms with Gasteiger partial charge in [-0.15, -0.1) is 0 Å². The molecular formula is C23H23ClN4O. The Hall–Kier alpha value is -2.37. The lowest BCUT2D eigenvalue weighted by Gasteiger charge is -2.48. The topological polar surface area (TPSA) is 41.4 Å². The number of aromatic nitrogens is 2. The molecule has 2 aromatic carbocycles. The normalized spacial score (nSPS) is 26.2. The minimum atomic E-state index is 0.152. The van der Waals surface area contributed by atoms with Crippen molar-refractivity contribution in [1.29, 1.82) is 0 Å². The fraction of sp³-hybridized carbons (Fsp3) is 0.391. The number of amides is 1. The van der Waals surface area contributed by atoms with Gasteiger partial charge in [-0.3, -0.25) is 4.79 Å². The van der Waals surface area contributed by atoms with Gasteiger partial charge in [0.05, 0.1) is 21.6 Å². The molecular weight excluding hydrogens is 384 g/mol. The summed E-state index contributed by atoms with van der Waals surface area (Å²) in [6.45, 7) is 4.82. The third kappa shape index (κ3) is 2.64. The number of halogens is 1. The van der Waals surface area contributed by atoms with Crippen LogP contribution in [0.2, 0.25) is 5.02 Å². The van der Waals surface area contributed by atoms with E-state index in [4.69, 9.17) is 16.6 Å². The van der Waals surface area contributed by atoms with Crippen molar-refractivity contribution >= 4 is 28.5 Å². The molecule has 3 aromatic rings. The minimum absolute atomic E-state index is 0.152. The number of rotatable bonds is 2. The Morgan fingerprint density at radius 1 is 0.931 bits per heavy atom. The zero-order chi connectivity index (χ0) is 19.5. The SMILES string of the molecule is O=C1c2cccc3nc(-c4ccccc4Cl)n(c23)CCN1[C@@H]1CN2CCC1CC2. The van der Waals surface area contributed by atoms with E-state index in [2.05, 4.69) is 14.4 Å². The van der Waals surface area contributed by atoms with Crippen LogP contribution in [0.3, 0.4) is 0 Å². The largest absolute Gasteiger partial charge is 0.332 e. The predicted octanol–water partition coefficient (Wildman–Crippen LogP) is 3.91. The molecule has 1 aromatic heterocycles. The van der Waals surface area contributed by atoms with Crippen molar-refractivity contribution in [3.8, 4) is 11.4 Å². The molecule has 4 aliphatic rings. The highest BCUT2D eigenvalue weighted by atomic mass is 35.5. The van der Waals surface area contributed by atoms with E-state index in [9.17, 15) is 4.79 Å². The highest BCUT2D eigenvalue weighted by Crippen LogP contribution is 2.36. The lowest BCUT2D eigenvalue weighted by atomic mass is 9.83. The van der Waals surface area contributed by atoms with Gasteiger partial charge in [-0.25, -0.2) is 4.98 Å². The van der Waals surface area contributed by atoms with Crippen molar-refractivity contribution in [2.45, 2.75) is 25.4 Å². The van der Waals surface area contributed by atoms with Gasteiger partial charge in [0.2, 0.25) is 0 Å². The van der Waals surface area contributed by atoms with Gasteiger partial charge >= 0.3 is 0 Å². The second kappa shape index (κ2) is 6.57. The summed E-state index contributed by atoms with van der Waals surface area (Å²) in [5.41, 5.74) is 3.49. The molecule has 148 valence electrons. The number of piperidine rings is 3. The van der Waals surface area contributed by atoms with Crippen LogP contribution in [0.1, 0.15) is 23.2 Å². The fourth-order valence-corrected chi connectivity index (χ4v) is 5.71. The first-order valence-electron chi connectivity index (χ1n) is 10.5. The van der Waals surface area contributed by atoms with Gasteiger partial charge in [-0.2, -0.15) is 0 Å². The molecule has 0 saturated carbocycles. The van der Waals surface area contributed by atoms with E-state index in [-0.39, 0.29) is 5.91 Å². The predicted molar refractivity (Wildman–Crippen MR) is 114 cm³/mol. The van der Waals surface area contributed by atoms with Crippen LogP contribution < -0.4 is 0 Å². The van der Waals surface area contributed by atoms with E-state index >= 15 is 0 Å². The van der Waals surface area contributed by atoms with Crippen molar-refractivity contribution < 1.29 is 4.79 Å². The number of benzene rings is 2. The van der Waals surface area contributed by atoms with Crippen LogP contribution in [0.25, 0.3) is 22.4 Å². The molecule has 1 amide bonds. The maximum Gasteiger partial charge on any atom is 0.256 e. The van der Waals surface area contributed by atoms with Crippen molar-refractivity contribution in [3.63, 3.8) is 0 Å². The van der Waals surface area contributed by atoms with Crippen molar-refractivity contribution in [3.05, 3.63) is 53.1 Å². The van der Waals surface area contributed by atoms with Crippen LogP contribution in [0.15, 0.2) is 42.5 Å². The average molecular weight is 407 g/mol. The van der Waals surface area contributed by atoms with Crippen LogP contribution in [-0.2, 0) is 6.54 Å². The number of para-hydroxylation sites is 1. The number of fused-ring (bicyclic) bond motifs is 3. The summed E-state index contributed by atoms with van der Waals surface area (Å²) in [5.74, 6) is 1.63.